The molecule has 0 aliphatic heterocycles. The highest BCUT2D eigenvalue weighted by molar-refractivity contribution is 5.80. The summed E-state index contributed by atoms with van der Waals surface area (Å²) >= 11 is 0. The molecule has 0 N–H and O–H groups in total. The molecule has 2 aromatic carbocycles. The van der Waals surface area contributed by atoms with Crippen molar-refractivity contribution in [3.8, 4) is 22.8 Å². The molecular weight excluding hydrogens is 369 g/mol. The predicted molar refractivity (Wildman–Crippen MR) is 100 cm³/mol. The molecule has 0 aliphatic rings. The summed E-state index contributed by atoms with van der Waals surface area (Å²) in [5.74, 6) is -0.0488. The zero-order valence-corrected chi connectivity index (χ0v) is 14.8. The maximum absolute atomic E-state index is 13.4. The average molecular weight is 384 g/mol. The van der Waals surface area contributed by atoms with Crippen LogP contribution in [-0.4, -0.2) is 24.5 Å². The van der Waals surface area contributed by atoms with Crippen LogP contribution in [0, 0.1) is 0 Å². The van der Waals surface area contributed by atoms with Crippen LogP contribution in [0.3, 0.4) is 0 Å². The van der Waals surface area contributed by atoms with Gasteiger partial charge < -0.3 is 4.74 Å². The second-order valence-electron chi connectivity index (χ2n) is 5.83. The van der Waals surface area contributed by atoms with E-state index in [0.29, 0.717) is 28.8 Å². The van der Waals surface area contributed by atoms with Crippen molar-refractivity contribution >= 4 is 12.5 Å². The fraction of sp³-hybridized carbons (Fsp3) is 0.0952. The second kappa shape index (κ2) is 8.04. The number of hydrogen-bond donors (Lipinski definition) is 0. The highest BCUT2D eigenvalue weighted by atomic mass is 19.4. The third-order valence-corrected chi connectivity index (χ3v) is 3.86. The Bertz CT molecular complexity index is 1010. The van der Waals surface area contributed by atoms with Crippen molar-refractivity contribution in [3.63, 3.8) is 0 Å². The molecular formula is C21H15F3N2O2. The molecule has 0 fully saturated rings. The van der Waals surface area contributed by atoms with Gasteiger partial charge >= 0.3 is 6.18 Å². The number of alkyl halides is 3. The van der Waals surface area contributed by atoms with Crippen LogP contribution in [0.4, 0.5) is 13.2 Å². The van der Waals surface area contributed by atoms with Gasteiger partial charge in [-0.2, -0.15) is 13.2 Å². The van der Waals surface area contributed by atoms with Gasteiger partial charge in [0.05, 0.1) is 11.3 Å². The van der Waals surface area contributed by atoms with Gasteiger partial charge in [0.1, 0.15) is 17.2 Å². The molecule has 3 aromatic rings. The van der Waals surface area contributed by atoms with Crippen molar-refractivity contribution in [2.24, 2.45) is 4.99 Å². The van der Waals surface area contributed by atoms with Gasteiger partial charge in [-0.15, -0.1) is 0 Å². The molecule has 0 saturated heterocycles. The van der Waals surface area contributed by atoms with Crippen LogP contribution in [0.1, 0.15) is 21.6 Å². The van der Waals surface area contributed by atoms with E-state index >= 15 is 0 Å². The molecule has 4 nitrogen and oxygen atoms in total. The van der Waals surface area contributed by atoms with E-state index in [4.69, 9.17) is 4.74 Å². The van der Waals surface area contributed by atoms with Gasteiger partial charge in [-0.1, -0.05) is 6.07 Å². The number of pyridine rings is 1. The largest absolute Gasteiger partial charge is 0.457 e. The SMILES string of the molecule is CN=Cc1ccc(Oc2ccc(-c3cccc(C=O)n3)cc2)c(C(F)(F)F)c1. The summed E-state index contributed by atoms with van der Waals surface area (Å²) in [6, 6.07) is 15.2. The third-order valence-electron chi connectivity index (χ3n) is 3.86. The van der Waals surface area contributed by atoms with E-state index in [2.05, 4.69) is 9.98 Å². The molecule has 0 spiro atoms. The van der Waals surface area contributed by atoms with Gasteiger partial charge in [-0.25, -0.2) is 4.98 Å². The molecule has 0 aliphatic carbocycles. The Morgan fingerprint density at radius 2 is 1.79 bits per heavy atom. The van der Waals surface area contributed by atoms with Crippen LogP contribution >= 0.6 is 0 Å². The third kappa shape index (κ3) is 4.43. The van der Waals surface area contributed by atoms with Crippen molar-refractivity contribution in [1.82, 2.24) is 4.98 Å². The number of rotatable bonds is 5. The fourth-order valence-electron chi connectivity index (χ4n) is 2.59. The highest BCUT2D eigenvalue weighted by Gasteiger charge is 2.34. The average Bonchev–Trinajstić information content (AvgIpc) is 2.69. The number of carbonyl (C=O) groups excluding carboxylic acids is 1. The highest BCUT2D eigenvalue weighted by Crippen LogP contribution is 2.38. The smallest absolute Gasteiger partial charge is 0.420 e. The summed E-state index contributed by atoms with van der Waals surface area (Å²) in [5.41, 5.74) is 1.04. The van der Waals surface area contributed by atoms with E-state index in [0.717, 1.165) is 6.07 Å². The molecule has 7 heteroatoms. The van der Waals surface area contributed by atoms with E-state index < -0.39 is 11.7 Å². The number of hydrogen-bond acceptors (Lipinski definition) is 4. The first kappa shape index (κ1) is 19.3. The molecule has 1 aromatic heterocycles. The van der Waals surface area contributed by atoms with Crippen molar-refractivity contribution in [2.75, 3.05) is 7.05 Å². The topological polar surface area (TPSA) is 51.5 Å². The minimum absolute atomic E-state index is 0.248. The van der Waals surface area contributed by atoms with E-state index in [1.165, 1.54) is 25.4 Å². The maximum Gasteiger partial charge on any atom is 0.420 e. The van der Waals surface area contributed by atoms with Crippen molar-refractivity contribution in [2.45, 2.75) is 6.18 Å². The second-order valence-corrected chi connectivity index (χ2v) is 5.83. The Kier molecular flexibility index (Phi) is 5.54. The summed E-state index contributed by atoms with van der Waals surface area (Å²) in [6.45, 7) is 0. The van der Waals surface area contributed by atoms with Crippen molar-refractivity contribution in [1.29, 1.82) is 0 Å². The molecule has 0 amide bonds. The van der Waals surface area contributed by atoms with Crippen molar-refractivity contribution < 1.29 is 22.7 Å². The van der Waals surface area contributed by atoms with Crippen molar-refractivity contribution in [3.05, 3.63) is 77.5 Å². The van der Waals surface area contributed by atoms with E-state index in [1.807, 2.05) is 0 Å². The van der Waals surface area contributed by atoms with Crippen LogP contribution in [0.2, 0.25) is 0 Å². The van der Waals surface area contributed by atoms with Crippen LogP contribution < -0.4 is 4.74 Å². The van der Waals surface area contributed by atoms with Gasteiger partial charge in [-0.05, 0) is 60.2 Å². The molecule has 142 valence electrons. The normalized spacial score (nSPS) is 11.6. The fourth-order valence-corrected chi connectivity index (χ4v) is 2.59. The number of nitrogens with zero attached hydrogens (tertiary/aromatic N) is 2. The first-order valence-corrected chi connectivity index (χ1v) is 8.24. The zero-order chi connectivity index (χ0) is 20.1. The van der Waals surface area contributed by atoms with Crippen LogP contribution in [0.5, 0.6) is 11.5 Å². The van der Waals surface area contributed by atoms with Gasteiger partial charge in [0.25, 0.3) is 0 Å². The van der Waals surface area contributed by atoms with Gasteiger partial charge in [-0.3, -0.25) is 9.79 Å². The lowest BCUT2D eigenvalue weighted by atomic mass is 10.1. The summed E-state index contributed by atoms with van der Waals surface area (Å²) in [7, 11) is 1.48. The molecule has 0 radical (unpaired) electrons. The van der Waals surface area contributed by atoms with Crippen LogP contribution in [-0.2, 0) is 6.18 Å². The van der Waals surface area contributed by atoms with E-state index in [1.54, 1.807) is 42.5 Å². The molecule has 0 bridgehead atoms. The molecule has 28 heavy (non-hydrogen) atoms. The summed E-state index contributed by atoms with van der Waals surface area (Å²) in [5, 5.41) is 0. The predicted octanol–water partition coefficient (Wildman–Crippen LogP) is 5.42. The van der Waals surface area contributed by atoms with Gasteiger partial charge in [0.2, 0.25) is 0 Å². The number of aliphatic imine (C=N–C) groups is 1. The number of benzene rings is 2. The van der Waals surface area contributed by atoms with Crippen LogP contribution in [0.25, 0.3) is 11.3 Å². The van der Waals surface area contributed by atoms with Crippen LogP contribution in [0.15, 0.2) is 65.7 Å². The first-order valence-electron chi connectivity index (χ1n) is 8.24. The van der Waals surface area contributed by atoms with E-state index in [-0.39, 0.29) is 11.5 Å². The van der Waals surface area contributed by atoms with E-state index in [9.17, 15) is 18.0 Å². The lowest BCUT2D eigenvalue weighted by Gasteiger charge is -2.14. The lowest BCUT2D eigenvalue weighted by molar-refractivity contribution is -0.138. The Morgan fingerprint density at radius 1 is 1.04 bits per heavy atom. The number of aromatic nitrogens is 1. The Labute approximate surface area is 159 Å². The quantitative estimate of drug-likeness (QED) is 0.436. The number of carbonyl (C=O) groups is 1. The molecule has 0 unspecified atom stereocenters. The molecule has 3 rings (SSSR count). The molecule has 0 atom stereocenters. The monoisotopic (exact) mass is 384 g/mol. The zero-order valence-electron chi connectivity index (χ0n) is 14.8. The Morgan fingerprint density at radius 3 is 2.43 bits per heavy atom. The van der Waals surface area contributed by atoms with Gasteiger partial charge in [0.15, 0.2) is 6.29 Å². The molecule has 0 saturated carbocycles. The Hall–Kier alpha value is -3.48. The lowest BCUT2D eigenvalue weighted by Crippen LogP contribution is -2.08. The first-order chi connectivity index (χ1) is 13.4. The number of aldehydes is 1. The number of halogens is 3. The number of ether oxygens (including phenoxy) is 1. The summed E-state index contributed by atoms with van der Waals surface area (Å²) in [4.78, 5) is 18.8. The standard InChI is InChI=1S/C21H15F3N2O2/c1-25-12-14-5-10-20(18(11-14)21(22,23)24)28-17-8-6-15(7-9-17)19-4-2-3-16(13-27)26-19/h2-13H,1H3. The maximum atomic E-state index is 13.4. The van der Waals surface area contributed by atoms with Gasteiger partial charge in [0, 0.05) is 18.8 Å². The summed E-state index contributed by atoms with van der Waals surface area (Å²) in [6.07, 6.45) is -2.58. The minimum Gasteiger partial charge on any atom is -0.457 e. The Balaban J connectivity index is 1.89. The molecule has 1 heterocycles. The minimum atomic E-state index is -4.56. The summed E-state index contributed by atoms with van der Waals surface area (Å²) < 4.78 is 45.6.